The van der Waals surface area contributed by atoms with Gasteiger partial charge in [-0.25, -0.2) is 4.68 Å². The fraction of sp³-hybridized carbons (Fsp3) is 0.375. The lowest BCUT2D eigenvalue weighted by molar-refractivity contribution is 0.0988. The van der Waals surface area contributed by atoms with Gasteiger partial charge >= 0.3 is 0 Å². The molecule has 2 rings (SSSR count). The molecule has 100 valence electrons. The fourth-order valence-electron chi connectivity index (χ4n) is 2.51. The molecule has 1 aromatic carbocycles. The van der Waals surface area contributed by atoms with Crippen LogP contribution < -0.4 is 0 Å². The number of carbonyl (C=O) groups excluding carboxylic acids is 1. The van der Waals surface area contributed by atoms with Gasteiger partial charge in [-0.15, -0.1) is 0 Å². The second kappa shape index (κ2) is 5.39. The number of carbonyl (C=O) groups is 1. The summed E-state index contributed by atoms with van der Waals surface area (Å²) in [4.78, 5) is 12.0. The summed E-state index contributed by atoms with van der Waals surface area (Å²) in [6, 6.07) is 7.69. The molecule has 3 heteroatoms. The summed E-state index contributed by atoms with van der Waals surface area (Å²) < 4.78 is 1.90. The van der Waals surface area contributed by atoms with E-state index in [1.165, 1.54) is 5.56 Å². The number of Topliss-reactive ketones (excluding diaryl/α,β-unsaturated/α-hetero) is 1. The minimum atomic E-state index is 0.154. The first-order valence-corrected chi connectivity index (χ1v) is 6.77. The number of rotatable bonds is 4. The first-order chi connectivity index (χ1) is 9.10. The monoisotopic (exact) mass is 256 g/mol. The van der Waals surface area contributed by atoms with Crippen molar-refractivity contribution in [2.24, 2.45) is 0 Å². The average molecular weight is 256 g/mol. The third kappa shape index (κ3) is 2.33. The maximum atomic E-state index is 12.0. The van der Waals surface area contributed by atoms with Crippen LogP contribution in [0, 0.1) is 13.8 Å². The van der Waals surface area contributed by atoms with E-state index in [-0.39, 0.29) is 5.78 Å². The summed E-state index contributed by atoms with van der Waals surface area (Å²) >= 11 is 0. The topological polar surface area (TPSA) is 34.9 Å². The lowest BCUT2D eigenvalue weighted by Crippen LogP contribution is -2.07. The van der Waals surface area contributed by atoms with Crippen LogP contribution in [0.3, 0.4) is 0 Å². The maximum absolute atomic E-state index is 12.0. The van der Waals surface area contributed by atoms with E-state index in [1.54, 1.807) is 0 Å². The smallest absolute Gasteiger partial charge is 0.164 e. The van der Waals surface area contributed by atoms with Crippen molar-refractivity contribution in [1.82, 2.24) is 9.78 Å². The Hall–Kier alpha value is -1.90. The highest BCUT2D eigenvalue weighted by Gasteiger charge is 2.16. The molecule has 0 aliphatic heterocycles. The first-order valence-electron chi connectivity index (χ1n) is 6.77. The quantitative estimate of drug-likeness (QED) is 0.783. The second-order valence-corrected chi connectivity index (χ2v) is 4.71. The van der Waals surface area contributed by atoms with E-state index >= 15 is 0 Å². The Morgan fingerprint density at radius 3 is 2.47 bits per heavy atom. The number of benzene rings is 1. The SMILES string of the molecule is CCC(=O)c1ccccc1-n1nc(C)c(CC)c1C. The molecule has 0 saturated heterocycles. The number of ketones is 1. The van der Waals surface area contributed by atoms with E-state index in [0.717, 1.165) is 29.1 Å². The number of aromatic nitrogens is 2. The van der Waals surface area contributed by atoms with Crippen LogP contribution in [0.15, 0.2) is 24.3 Å². The Kier molecular flexibility index (Phi) is 3.84. The number of aryl methyl sites for hydroxylation is 1. The van der Waals surface area contributed by atoms with Crippen molar-refractivity contribution in [1.29, 1.82) is 0 Å². The number of nitrogens with zero attached hydrogens (tertiary/aromatic N) is 2. The Labute approximate surface area is 114 Å². The van der Waals surface area contributed by atoms with Gasteiger partial charge in [0, 0.05) is 17.7 Å². The normalized spacial score (nSPS) is 10.7. The summed E-state index contributed by atoms with van der Waals surface area (Å²) in [5.41, 5.74) is 5.06. The van der Waals surface area contributed by atoms with Crippen LogP contribution in [-0.2, 0) is 6.42 Å². The minimum absolute atomic E-state index is 0.154. The lowest BCUT2D eigenvalue weighted by atomic mass is 10.1. The third-order valence-electron chi connectivity index (χ3n) is 3.55. The highest BCUT2D eigenvalue weighted by atomic mass is 16.1. The highest BCUT2D eigenvalue weighted by molar-refractivity contribution is 5.99. The van der Waals surface area contributed by atoms with Crippen LogP contribution in [0.2, 0.25) is 0 Å². The van der Waals surface area contributed by atoms with Crippen LogP contribution >= 0.6 is 0 Å². The van der Waals surface area contributed by atoms with Gasteiger partial charge in [-0.1, -0.05) is 26.0 Å². The molecule has 0 aliphatic carbocycles. The van der Waals surface area contributed by atoms with Crippen molar-refractivity contribution in [2.45, 2.75) is 40.5 Å². The van der Waals surface area contributed by atoms with Crippen molar-refractivity contribution in [3.8, 4) is 5.69 Å². The van der Waals surface area contributed by atoms with E-state index in [0.29, 0.717) is 6.42 Å². The molecule has 0 amide bonds. The zero-order valence-corrected chi connectivity index (χ0v) is 12.0. The largest absolute Gasteiger partial charge is 0.294 e. The third-order valence-corrected chi connectivity index (χ3v) is 3.55. The fourth-order valence-corrected chi connectivity index (χ4v) is 2.51. The molecule has 3 nitrogen and oxygen atoms in total. The molecule has 0 N–H and O–H groups in total. The minimum Gasteiger partial charge on any atom is -0.294 e. The average Bonchev–Trinajstić information content (AvgIpc) is 2.72. The van der Waals surface area contributed by atoms with Crippen LogP contribution in [0.1, 0.15) is 47.6 Å². The van der Waals surface area contributed by atoms with E-state index in [4.69, 9.17) is 0 Å². The predicted molar refractivity (Wildman–Crippen MR) is 77.0 cm³/mol. The van der Waals surface area contributed by atoms with Crippen LogP contribution in [0.25, 0.3) is 5.69 Å². The van der Waals surface area contributed by atoms with E-state index in [2.05, 4.69) is 18.9 Å². The maximum Gasteiger partial charge on any atom is 0.164 e. The molecule has 0 radical (unpaired) electrons. The summed E-state index contributed by atoms with van der Waals surface area (Å²) in [6.07, 6.45) is 1.47. The van der Waals surface area contributed by atoms with E-state index in [1.807, 2.05) is 42.8 Å². The van der Waals surface area contributed by atoms with E-state index < -0.39 is 0 Å². The van der Waals surface area contributed by atoms with Crippen LogP contribution in [-0.4, -0.2) is 15.6 Å². The van der Waals surface area contributed by atoms with Gasteiger partial charge in [0.05, 0.1) is 11.4 Å². The molecule has 19 heavy (non-hydrogen) atoms. The highest BCUT2D eigenvalue weighted by Crippen LogP contribution is 2.21. The molecule has 0 atom stereocenters. The molecule has 2 aromatic rings. The van der Waals surface area contributed by atoms with Gasteiger partial charge in [0.1, 0.15) is 0 Å². The van der Waals surface area contributed by atoms with Gasteiger partial charge in [0.15, 0.2) is 5.78 Å². The molecule has 0 unspecified atom stereocenters. The van der Waals surface area contributed by atoms with Gasteiger partial charge in [-0.05, 0) is 38.0 Å². The Morgan fingerprint density at radius 2 is 1.89 bits per heavy atom. The Morgan fingerprint density at radius 1 is 1.21 bits per heavy atom. The number of para-hydroxylation sites is 1. The molecule has 1 aromatic heterocycles. The van der Waals surface area contributed by atoms with Crippen molar-refractivity contribution >= 4 is 5.78 Å². The van der Waals surface area contributed by atoms with Gasteiger partial charge in [-0.3, -0.25) is 4.79 Å². The summed E-state index contributed by atoms with van der Waals surface area (Å²) in [7, 11) is 0. The standard InChI is InChI=1S/C16H20N2O/c1-5-13-11(3)17-18(12(13)4)15-10-8-7-9-14(15)16(19)6-2/h7-10H,5-6H2,1-4H3. The molecule has 1 heterocycles. The van der Waals surface area contributed by atoms with Gasteiger partial charge in [0.25, 0.3) is 0 Å². The zero-order chi connectivity index (χ0) is 14.0. The Balaban J connectivity index is 2.63. The first kappa shape index (κ1) is 13.5. The van der Waals surface area contributed by atoms with Gasteiger partial charge in [-0.2, -0.15) is 5.10 Å². The molecule has 0 fully saturated rings. The van der Waals surface area contributed by atoms with Gasteiger partial charge in [0.2, 0.25) is 0 Å². The zero-order valence-electron chi connectivity index (χ0n) is 12.0. The molecular weight excluding hydrogens is 236 g/mol. The molecule has 0 aliphatic rings. The summed E-state index contributed by atoms with van der Waals surface area (Å²) in [5.74, 6) is 0.154. The van der Waals surface area contributed by atoms with Crippen molar-refractivity contribution in [2.75, 3.05) is 0 Å². The van der Waals surface area contributed by atoms with Gasteiger partial charge < -0.3 is 0 Å². The molecule has 0 saturated carbocycles. The van der Waals surface area contributed by atoms with Crippen molar-refractivity contribution < 1.29 is 4.79 Å². The lowest BCUT2D eigenvalue weighted by Gasteiger charge is -2.10. The molecule has 0 spiro atoms. The van der Waals surface area contributed by atoms with Crippen LogP contribution in [0.5, 0.6) is 0 Å². The number of hydrogen-bond donors (Lipinski definition) is 0. The van der Waals surface area contributed by atoms with Crippen molar-refractivity contribution in [3.63, 3.8) is 0 Å². The summed E-state index contributed by atoms with van der Waals surface area (Å²) in [5, 5.41) is 4.59. The number of hydrogen-bond acceptors (Lipinski definition) is 2. The summed E-state index contributed by atoms with van der Waals surface area (Å²) in [6.45, 7) is 8.10. The van der Waals surface area contributed by atoms with Crippen molar-refractivity contribution in [3.05, 3.63) is 46.8 Å². The van der Waals surface area contributed by atoms with E-state index in [9.17, 15) is 4.79 Å². The predicted octanol–water partition coefficient (Wildman–Crippen LogP) is 3.64. The molecule has 0 bridgehead atoms. The second-order valence-electron chi connectivity index (χ2n) is 4.71. The molecular formula is C16H20N2O. The Bertz CT molecular complexity index is 611. The van der Waals surface area contributed by atoms with Crippen LogP contribution in [0.4, 0.5) is 0 Å².